The number of aromatic nitrogens is 1. The SMILES string of the molecule is CCC(NC(=O)c1ccc(NS(=O)(=O)c2cc(C)ccc2C)cc1)c1nc(C)cs1. The number of aryl methyl sites for hydroxylation is 3. The Morgan fingerprint density at radius 1 is 1.10 bits per heavy atom. The third-order valence-electron chi connectivity index (χ3n) is 4.68. The van der Waals surface area contributed by atoms with Crippen molar-refractivity contribution in [1.29, 1.82) is 0 Å². The molecule has 3 aromatic rings. The molecule has 2 aromatic carbocycles. The summed E-state index contributed by atoms with van der Waals surface area (Å²) in [6, 6.07) is 11.5. The van der Waals surface area contributed by atoms with Gasteiger partial charge in [0.25, 0.3) is 15.9 Å². The van der Waals surface area contributed by atoms with Crippen LogP contribution in [0.3, 0.4) is 0 Å². The molecule has 8 heteroatoms. The van der Waals surface area contributed by atoms with Gasteiger partial charge in [0.2, 0.25) is 0 Å². The number of amides is 1. The molecule has 158 valence electrons. The molecule has 1 unspecified atom stereocenters. The van der Waals surface area contributed by atoms with E-state index in [1.807, 2.05) is 32.2 Å². The Labute approximate surface area is 181 Å². The second-order valence-electron chi connectivity index (χ2n) is 7.21. The largest absolute Gasteiger partial charge is 0.343 e. The molecule has 3 rings (SSSR count). The number of benzene rings is 2. The molecule has 30 heavy (non-hydrogen) atoms. The third-order valence-corrected chi connectivity index (χ3v) is 7.28. The van der Waals surface area contributed by atoms with Crippen molar-refractivity contribution in [2.75, 3.05) is 4.72 Å². The zero-order valence-corrected chi connectivity index (χ0v) is 19.0. The molecular weight excluding hydrogens is 418 g/mol. The van der Waals surface area contributed by atoms with Crippen LogP contribution in [0, 0.1) is 20.8 Å². The Kier molecular flexibility index (Phi) is 6.58. The second-order valence-corrected chi connectivity index (χ2v) is 9.75. The fourth-order valence-corrected chi connectivity index (χ4v) is 5.33. The lowest BCUT2D eigenvalue weighted by Gasteiger charge is -2.15. The number of thiazole rings is 1. The number of anilines is 1. The van der Waals surface area contributed by atoms with Gasteiger partial charge in [-0.15, -0.1) is 11.3 Å². The number of sulfonamides is 1. The number of nitrogens with one attached hydrogen (secondary N) is 2. The maximum Gasteiger partial charge on any atom is 0.262 e. The van der Waals surface area contributed by atoms with E-state index in [4.69, 9.17) is 0 Å². The van der Waals surface area contributed by atoms with Crippen molar-refractivity contribution in [2.24, 2.45) is 0 Å². The topological polar surface area (TPSA) is 88.2 Å². The Bertz CT molecular complexity index is 1150. The van der Waals surface area contributed by atoms with Crippen LogP contribution in [0.25, 0.3) is 0 Å². The molecule has 0 aliphatic rings. The van der Waals surface area contributed by atoms with E-state index in [0.717, 1.165) is 22.7 Å². The molecule has 1 amide bonds. The smallest absolute Gasteiger partial charge is 0.262 e. The first-order valence-corrected chi connectivity index (χ1v) is 12.0. The molecule has 0 bridgehead atoms. The van der Waals surface area contributed by atoms with Crippen LogP contribution in [0.4, 0.5) is 5.69 Å². The molecular formula is C22H25N3O3S2. The van der Waals surface area contributed by atoms with Gasteiger partial charge in [-0.05, 0) is 68.7 Å². The number of nitrogens with zero attached hydrogens (tertiary/aromatic N) is 1. The molecule has 6 nitrogen and oxygen atoms in total. The van der Waals surface area contributed by atoms with E-state index in [1.54, 1.807) is 43.3 Å². The highest BCUT2D eigenvalue weighted by Crippen LogP contribution is 2.23. The van der Waals surface area contributed by atoms with Crippen LogP contribution in [0.15, 0.2) is 52.7 Å². The van der Waals surface area contributed by atoms with Crippen LogP contribution in [-0.4, -0.2) is 19.3 Å². The van der Waals surface area contributed by atoms with Gasteiger partial charge in [0.15, 0.2) is 0 Å². The summed E-state index contributed by atoms with van der Waals surface area (Å²) in [5, 5.41) is 5.83. The van der Waals surface area contributed by atoms with Crippen molar-refractivity contribution in [3.8, 4) is 0 Å². The average molecular weight is 444 g/mol. The lowest BCUT2D eigenvalue weighted by atomic mass is 10.1. The van der Waals surface area contributed by atoms with Crippen molar-refractivity contribution in [3.63, 3.8) is 0 Å². The second kappa shape index (κ2) is 8.97. The summed E-state index contributed by atoms with van der Waals surface area (Å²) in [5.74, 6) is -0.223. The average Bonchev–Trinajstić information content (AvgIpc) is 3.14. The minimum Gasteiger partial charge on any atom is -0.343 e. The van der Waals surface area contributed by atoms with Gasteiger partial charge in [0.05, 0.1) is 10.9 Å². The van der Waals surface area contributed by atoms with Crippen molar-refractivity contribution in [2.45, 2.75) is 45.1 Å². The molecule has 1 atom stereocenters. The normalized spacial score (nSPS) is 12.4. The summed E-state index contributed by atoms with van der Waals surface area (Å²) < 4.78 is 28.1. The van der Waals surface area contributed by atoms with Gasteiger partial charge in [0, 0.05) is 22.3 Å². The van der Waals surface area contributed by atoms with Crippen molar-refractivity contribution < 1.29 is 13.2 Å². The Morgan fingerprint density at radius 2 is 1.80 bits per heavy atom. The zero-order chi connectivity index (χ0) is 21.9. The summed E-state index contributed by atoms with van der Waals surface area (Å²) in [6.07, 6.45) is 0.729. The highest BCUT2D eigenvalue weighted by molar-refractivity contribution is 7.92. The van der Waals surface area contributed by atoms with Crippen LogP contribution in [0.2, 0.25) is 0 Å². The maximum absolute atomic E-state index is 12.7. The molecule has 0 saturated heterocycles. The van der Waals surface area contributed by atoms with Gasteiger partial charge < -0.3 is 5.32 Å². The Morgan fingerprint density at radius 3 is 2.40 bits per heavy atom. The van der Waals surface area contributed by atoms with Gasteiger partial charge >= 0.3 is 0 Å². The lowest BCUT2D eigenvalue weighted by Crippen LogP contribution is -2.28. The molecule has 0 radical (unpaired) electrons. The summed E-state index contributed by atoms with van der Waals surface area (Å²) in [6.45, 7) is 7.53. The lowest BCUT2D eigenvalue weighted by molar-refractivity contribution is 0.0935. The van der Waals surface area contributed by atoms with Crippen LogP contribution in [0.1, 0.15) is 51.6 Å². The van der Waals surface area contributed by atoms with E-state index in [-0.39, 0.29) is 16.8 Å². The minimum atomic E-state index is -3.71. The van der Waals surface area contributed by atoms with Gasteiger partial charge in [-0.3, -0.25) is 9.52 Å². The highest BCUT2D eigenvalue weighted by Gasteiger charge is 2.19. The summed E-state index contributed by atoms with van der Waals surface area (Å²) >= 11 is 1.53. The van der Waals surface area contributed by atoms with Gasteiger partial charge in [-0.2, -0.15) is 0 Å². The summed E-state index contributed by atoms with van der Waals surface area (Å²) in [5.41, 5.74) is 3.33. The van der Waals surface area contributed by atoms with Gasteiger partial charge in [0.1, 0.15) is 5.01 Å². The van der Waals surface area contributed by atoms with Crippen molar-refractivity contribution in [3.05, 3.63) is 75.2 Å². The van der Waals surface area contributed by atoms with Gasteiger partial charge in [-0.1, -0.05) is 19.1 Å². The maximum atomic E-state index is 12.7. The van der Waals surface area contributed by atoms with Crippen LogP contribution >= 0.6 is 11.3 Å². The predicted octanol–water partition coefficient (Wildman–Crippen LogP) is 4.75. The Balaban J connectivity index is 1.72. The van der Waals surface area contributed by atoms with Crippen LogP contribution < -0.4 is 10.0 Å². The van der Waals surface area contributed by atoms with E-state index in [2.05, 4.69) is 15.0 Å². The summed E-state index contributed by atoms with van der Waals surface area (Å²) in [4.78, 5) is 17.3. The fourth-order valence-electron chi connectivity index (χ4n) is 3.01. The first kappa shape index (κ1) is 22.0. The molecule has 0 aliphatic carbocycles. The van der Waals surface area contributed by atoms with E-state index in [0.29, 0.717) is 16.8 Å². The van der Waals surface area contributed by atoms with E-state index < -0.39 is 10.0 Å². The molecule has 0 spiro atoms. The van der Waals surface area contributed by atoms with E-state index >= 15 is 0 Å². The van der Waals surface area contributed by atoms with Crippen LogP contribution in [-0.2, 0) is 10.0 Å². The van der Waals surface area contributed by atoms with Crippen LogP contribution in [0.5, 0.6) is 0 Å². The number of carbonyl (C=O) groups is 1. The number of rotatable bonds is 7. The number of carbonyl (C=O) groups excluding carboxylic acids is 1. The number of hydrogen-bond acceptors (Lipinski definition) is 5. The quantitative estimate of drug-likeness (QED) is 0.551. The third kappa shape index (κ3) is 5.06. The number of hydrogen-bond donors (Lipinski definition) is 2. The molecule has 0 aliphatic heterocycles. The molecule has 0 fully saturated rings. The molecule has 0 saturated carbocycles. The van der Waals surface area contributed by atoms with Gasteiger partial charge in [-0.25, -0.2) is 13.4 Å². The first-order chi connectivity index (χ1) is 14.2. The highest BCUT2D eigenvalue weighted by atomic mass is 32.2. The predicted molar refractivity (Wildman–Crippen MR) is 121 cm³/mol. The zero-order valence-electron chi connectivity index (χ0n) is 17.4. The molecule has 2 N–H and O–H groups in total. The molecule has 1 heterocycles. The minimum absolute atomic E-state index is 0.154. The summed E-state index contributed by atoms with van der Waals surface area (Å²) in [7, 11) is -3.71. The first-order valence-electron chi connectivity index (χ1n) is 9.62. The fraction of sp³-hybridized carbons (Fsp3) is 0.273. The van der Waals surface area contributed by atoms with E-state index in [9.17, 15) is 13.2 Å². The van der Waals surface area contributed by atoms with E-state index in [1.165, 1.54) is 11.3 Å². The van der Waals surface area contributed by atoms with Crippen molar-refractivity contribution in [1.82, 2.24) is 10.3 Å². The monoisotopic (exact) mass is 443 g/mol. The standard InChI is InChI=1S/C22H25N3O3S2/c1-5-19(22-23-16(4)13-29-22)24-21(26)17-8-10-18(11-9-17)25-30(27,28)20-12-14(2)6-7-15(20)3/h6-13,19,25H,5H2,1-4H3,(H,24,26). The molecule has 1 aromatic heterocycles. The van der Waals surface area contributed by atoms with Crippen molar-refractivity contribution >= 4 is 33.0 Å². The Hall–Kier alpha value is -2.71.